The molecule has 0 heterocycles. The zero-order chi connectivity index (χ0) is 20.7. The number of anilines is 1. The first-order valence-corrected chi connectivity index (χ1v) is 9.24. The van der Waals surface area contributed by atoms with E-state index in [9.17, 15) is 9.59 Å². The molecule has 0 saturated heterocycles. The third-order valence-corrected chi connectivity index (χ3v) is 4.65. The molecule has 1 N–H and O–H groups in total. The highest BCUT2D eigenvalue weighted by molar-refractivity contribution is 6.00. The molecular formula is C22H27NO5. The van der Waals surface area contributed by atoms with Crippen LogP contribution in [0.1, 0.15) is 49.0 Å². The number of carbonyl (C=O) groups excluding carboxylic acids is 2. The minimum atomic E-state index is -0.993. The lowest BCUT2D eigenvalue weighted by atomic mass is 9.97. The van der Waals surface area contributed by atoms with E-state index in [1.165, 1.54) is 21.1 Å². The summed E-state index contributed by atoms with van der Waals surface area (Å²) in [5.74, 6) is -0.157. The van der Waals surface area contributed by atoms with Gasteiger partial charge in [-0.15, -0.1) is 0 Å². The van der Waals surface area contributed by atoms with E-state index in [1.807, 2.05) is 24.3 Å². The van der Waals surface area contributed by atoms with E-state index in [0.29, 0.717) is 17.4 Å². The summed E-state index contributed by atoms with van der Waals surface area (Å²) in [6.45, 7) is 5.72. The van der Waals surface area contributed by atoms with Gasteiger partial charge >= 0.3 is 5.97 Å². The second kappa shape index (κ2) is 9.78. The van der Waals surface area contributed by atoms with Crippen molar-refractivity contribution < 1.29 is 23.8 Å². The van der Waals surface area contributed by atoms with E-state index in [1.54, 1.807) is 18.2 Å². The zero-order valence-corrected chi connectivity index (χ0v) is 16.9. The van der Waals surface area contributed by atoms with Crippen LogP contribution in [0, 0.1) is 0 Å². The van der Waals surface area contributed by atoms with E-state index in [0.717, 1.165) is 17.7 Å². The van der Waals surface area contributed by atoms with Gasteiger partial charge in [0, 0.05) is 5.69 Å². The largest absolute Gasteiger partial charge is 0.496 e. The number of nitrogens with one attached hydrogen (secondary N) is 1. The maximum absolute atomic E-state index is 12.6. The van der Waals surface area contributed by atoms with Crippen molar-refractivity contribution in [2.45, 2.75) is 39.2 Å². The molecule has 0 bridgehead atoms. The Bertz CT molecular complexity index is 811. The van der Waals surface area contributed by atoms with Crippen LogP contribution in [0.25, 0.3) is 0 Å². The van der Waals surface area contributed by atoms with Crippen LogP contribution in [0.4, 0.5) is 5.69 Å². The van der Waals surface area contributed by atoms with Gasteiger partial charge in [0.1, 0.15) is 17.1 Å². The van der Waals surface area contributed by atoms with Crippen LogP contribution < -0.4 is 14.8 Å². The number of hydrogen-bond donors (Lipinski definition) is 1. The third kappa shape index (κ3) is 4.82. The molecule has 28 heavy (non-hydrogen) atoms. The first-order chi connectivity index (χ1) is 13.4. The van der Waals surface area contributed by atoms with Gasteiger partial charge in [-0.2, -0.15) is 0 Å². The molecule has 0 unspecified atom stereocenters. The Morgan fingerprint density at radius 3 is 2.14 bits per heavy atom. The Balaban J connectivity index is 2.15. The van der Waals surface area contributed by atoms with Gasteiger partial charge in [-0.3, -0.25) is 4.79 Å². The smallest absolute Gasteiger partial charge is 0.346 e. The highest BCUT2D eigenvalue weighted by Crippen LogP contribution is 2.30. The summed E-state index contributed by atoms with van der Waals surface area (Å²) in [6.07, 6.45) is -0.0440. The van der Waals surface area contributed by atoms with Crippen LogP contribution in [-0.2, 0) is 9.53 Å². The summed E-state index contributed by atoms with van der Waals surface area (Å²) in [5.41, 5.74) is 1.91. The highest BCUT2D eigenvalue weighted by atomic mass is 16.6. The summed E-state index contributed by atoms with van der Waals surface area (Å²) in [4.78, 5) is 25.2. The Labute approximate surface area is 165 Å². The maximum Gasteiger partial charge on any atom is 0.346 e. The van der Waals surface area contributed by atoms with Crippen molar-refractivity contribution >= 4 is 17.6 Å². The summed E-state index contributed by atoms with van der Waals surface area (Å²) < 4.78 is 15.8. The van der Waals surface area contributed by atoms with Crippen LogP contribution >= 0.6 is 0 Å². The number of rotatable bonds is 8. The molecule has 0 spiro atoms. The Hall–Kier alpha value is -3.02. The van der Waals surface area contributed by atoms with Gasteiger partial charge in [-0.1, -0.05) is 38.1 Å². The van der Waals surface area contributed by atoms with Gasteiger partial charge in [0.2, 0.25) is 0 Å². The lowest BCUT2D eigenvalue weighted by Crippen LogP contribution is -2.30. The van der Waals surface area contributed by atoms with Crippen LogP contribution in [-0.4, -0.2) is 32.2 Å². The molecule has 0 aliphatic carbocycles. The van der Waals surface area contributed by atoms with Crippen molar-refractivity contribution in [2.75, 3.05) is 19.5 Å². The van der Waals surface area contributed by atoms with Crippen molar-refractivity contribution in [3.05, 3.63) is 53.6 Å². The topological polar surface area (TPSA) is 73.9 Å². The number of carbonyl (C=O) groups is 2. The Kier molecular flexibility index (Phi) is 7.44. The number of esters is 1. The minimum Gasteiger partial charge on any atom is -0.496 e. The minimum absolute atomic E-state index is 0.146. The highest BCUT2D eigenvalue weighted by Gasteiger charge is 2.25. The van der Waals surface area contributed by atoms with Crippen molar-refractivity contribution in [3.8, 4) is 11.5 Å². The molecule has 0 aliphatic rings. The molecule has 150 valence electrons. The Morgan fingerprint density at radius 2 is 1.57 bits per heavy atom. The van der Waals surface area contributed by atoms with Gasteiger partial charge in [0.25, 0.3) is 5.91 Å². The van der Waals surface area contributed by atoms with Crippen molar-refractivity contribution in [2.24, 2.45) is 0 Å². The van der Waals surface area contributed by atoms with E-state index in [-0.39, 0.29) is 5.56 Å². The van der Waals surface area contributed by atoms with E-state index < -0.39 is 18.0 Å². The second-order valence-corrected chi connectivity index (χ2v) is 6.47. The molecule has 2 aromatic rings. The molecule has 2 atom stereocenters. The normalized spacial score (nSPS) is 12.6. The predicted molar refractivity (Wildman–Crippen MR) is 108 cm³/mol. The summed E-state index contributed by atoms with van der Waals surface area (Å²) in [5, 5.41) is 2.86. The predicted octanol–water partition coefficient (Wildman–Crippen LogP) is 4.40. The number of para-hydroxylation sites is 1. The van der Waals surface area contributed by atoms with Crippen molar-refractivity contribution in [1.82, 2.24) is 0 Å². The van der Waals surface area contributed by atoms with E-state index in [2.05, 4.69) is 19.2 Å². The van der Waals surface area contributed by atoms with Crippen LogP contribution in [0.3, 0.4) is 0 Å². The molecule has 0 radical (unpaired) electrons. The number of amides is 1. The fraction of sp³-hybridized carbons (Fsp3) is 0.364. The molecule has 6 nitrogen and oxygen atoms in total. The van der Waals surface area contributed by atoms with Gasteiger partial charge in [0.15, 0.2) is 6.10 Å². The fourth-order valence-electron chi connectivity index (χ4n) is 2.82. The monoisotopic (exact) mass is 385 g/mol. The van der Waals surface area contributed by atoms with Gasteiger partial charge in [-0.25, -0.2) is 4.79 Å². The van der Waals surface area contributed by atoms with Crippen molar-refractivity contribution in [3.63, 3.8) is 0 Å². The maximum atomic E-state index is 12.6. The first-order valence-electron chi connectivity index (χ1n) is 9.24. The third-order valence-electron chi connectivity index (χ3n) is 4.65. The number of benzene rings is 2. The quantitative estimate of drug-likeness (QED) is 0.682. The molecule has 2 aromatic carbocycles. The van der Waals surface area contributed by atoms with Crippen LogP contribution in [0.5, 0.6) is 11.5 Å². The lowest BCUT2D eigenvalue weighted by molar-refractivity contribution is -0.123. The fourth-order valence-corrected chi connectivity index (χ4v) is 2.82. The van der Waals surface area contributed by atoms with E-state index in [4.69, 9.17) is 14.2 Å². The molecule has 2 rings (SSSR count). The SMILES string of the molecule is CC[C@@H](C)c1ccccc1NC(=O)[C@@H](C)OC(=O)c1c(OC)cccc1OC. The second-order valence-electron chi connectivity index (χ2n) is 6.47. The van der Waals surface area contributed by atoms with Crippen molar-refractivity contribution in [1.29, 1.82) is 0 Å². The summed E-state index contributed by atoms with van der Waals surface area (Å²) >= 11 is 0. The van der Waals surface area contributed by atoms with Gasteiger partial charge < -0.3 is 19.5 Å². The molecular weight excluding hydrogens is 358 g/mol. The molecule has 0 saturated carbocycles. The molecule has 0 aliphatic heterocycles. The number of ether oxygens (including phenoxy) is 3. The standard InChI is InChI=1S/C22H27NO5/c1-6-14(2)16-10-7-8-11-17(16)23-21(24)15(3)28-22(25)20-18(26-4)12-9-13-19(20)27-5/h7-15H,6H2,1-5H3,(H,23,24)/t14-,15-/m1/s1. The molecule has 0 aromatic heterocycles. The van der Waals surface area contributed by atoms with Crippen LogP contribution in [0.15, 0.2) is 42.5 Å². The first kappa shape index (κ1) is 21.3. The number of methoxy groups -OCH3 is 2. The average Bonchev–Trinajstić information content (AvgIpc) is 2.72. The van der Waals surface area contributed by atoms with Gasteiger partial charge in [0.05, 0.1) is 14.2 Å². The van der Waals surface area contributed by atoms with Gasteiger partial charge in [-0.05, 0) is 43.0 Å². The summed E-state index contributed by atoms with van der Waals surface area (Å²) in [7, 11) is 2.90. The molecule has 1 amide bonds. The number of hydrogen-bond acceptors (Lipinski definition) is 5. The van der Waals surface area contributed by atoms with Crippen LogP contribution in [0.2, 0.25) is 0 Å². The average molecular weight is 385 g/mol. The summed E-state index contributed by atoms with van der Waals surface area (Å²) in [6, 6.07) is 12.6. The lowest BCUT2D eigenvalue weighted by Gasteiger charge is -2.19. The molecule has 6 heteroatoms. The zero-order valence-electron chi connectivity index (χ0n) is 16.9. The van der Waals surface area contributed by atoms with E-state index >= 15 is 0 Å². The Morgan fingerprint density at radius 1 is 0.964 bits per heavy atom. The molecule has 0 fully saturated rings.